The van der Waals surface area contributed by atoms with E-state index in [1.54, 1.807) is 0 Å². The normalized spacial score (nSPS) is 22.8. The molecule has 6 rings (SSSR count). The van der Waals surface area contributed by atoms with Crippen LogP contribution in [-0.2, 0) is 10.8 Å². The molecule has 0 spiro atoms. The smallest absolute Gasteiger partial charge is 0.257 e. The van der Waals surface area contributed by atoms with E-state index in [0.29, 0.717) is 19.0 Å². The Labute approximate surface area is 270 Å². The van der Waals surface area contributed by atoms with Crippen molar-refractivity contribution in [3.63, 3.8) is 0 Å². The molecule has 3 atom stereocenters. The third kappa shape index (κ3) is 6.39. The van der Waals surface area contributed by atoms with Gasteiger partial charge in [-0.2, -0.15) is 0 Å². The van der Waals surface area contributed by atoms with Gasteiger partial charge in [-0.15, -0.1) is 0 Å². The minimum atomic E-state index is -1.99. The average Bonchev–Trinajstić information content (AvgIpc) is 3.23. The second-order valence-electron chi connectivity index (χ2n) is 15.0. The highest BCUT2D eigenvalue weighted by atomic mass is 28.4. The van der Waals surface area contributed by atoms with E-state index in [4.69, 9.17) is 14.4 Å². The van der Waals surface area contributed by atoms with E-state index < -0.39 is 8.32 Å². The molecule has 6 nitrogen and oxygen atoms in total. The van der Waals surface area contributed by atoms with Gasteiger partial charge in [0, 0.05) is 24.8 Å². The number of hydrogen-bond donors (Lipinski definition) is 0. The molecule has 2 aromatic heterocycles. The minimum absolute atomic E-state index is 0.0721. The molecule has 0 N–H and O–H groups in total. The van der Waals surface area contributed by atoms with Crippen LogP contribution >= 0.6 is 0 Å². The largest absolute Gasteiger partial charge is 0.412 e. The number of fused-ring (bicyclic) bond motifs is 3. The lowest BCUT2D eigenvalue weighted by Gasteiger charge is -2.48. The molecular weight excluding hydrogens is 573 g/mol. The van der Waals surface area contributed by atoms with Crippen molar-refractivity contribution in [2.24, 2.45) is 5.92 Å². The Morgan fingerprint density at radius 3 is 2.62 bits per heavy atom. The first-order valence-electron chi connectivity index (χ1n) is 16.9. The number of carbonyl (C=O) groups is 1. The van der Waals surface area contributed by atoms with Gasteiger partial charge in [-0.3, -0.25) is 14.8 Å². The van der Waals surface area contributed by atoms with Crippen LogP contribution < -0.4 is 4.90 Å². The predicted octanol–water partition coefficient (Wildman–Crippen LogP) is 8.77. The van der Waals surface area contributed by atoms with E-state index in [2.05, 4.69) is 100 Å². The molecule has 0 bridgehead atoms. The Morgan fingerprint density at radius 1 is 1.07 bits per heavy atom. The van der Waals surface area contributed by atoms with Gasteiger partial charge in [-0.05, 0) is 91.1 Å². The molecule has 7 heteroatoms. The van der Waals surface area contributed by atoms with Gasteiger partial charge >= 0.3 is 0 Å². The Bertz CT molecular complexity index is 1620. The summed E-state index contributed by atoms with van der Waals surface area (Å²) in [6.07, 6.45) is 17.9. The number of nitrogens with zero attached hydrogens (tertiary/aromatic N) is 4. The third-order valence-corrected chi connectivity index (χ3v) is 15.1. The van der Waals surface area contributed by atoms with Crippen LogP contribution in [0.2, 0.25) is 18.1 Å². The van der Waals surface area contributed by atoms with Crippen LogP contribution in [0.5, 0.6) is 0 Å². The summed E-state index contributed by atoms with van der Waals surface area (Å²) >= 11 is 0. The zero-order chi connectivity index (χ0) is 31.9. The van der Waals surface area contributed by atoms with Gasteiger partial charge in [0.2, 0.25) is 0 Å². The van der Waals surface area contributed by atoms with Gasteiger partial charge in [-0.25, -0.2) is 0 Å². The van der Waals surface area contributed by atoms with Crippen molar-refractivity contribution in [2.45, 2.75) is 103 Å². The van der Waals surface area contributed by atoms with E-state index in [1.165, 1.54) is 12.0 Å². The fourth-order valence-corrected chi connectivity index (χ4v) is 8.33. The van der Waals surface area contributed by atoms with Gasteiger partial charge < -0.3 is 14.2 Å². The maximum Gasteiger partial charge on any atom is 0.257 e. The molecule has 45 heavy (non-hydrogen) atoms. The SMILES string of the molecule is CC1C=CC(c2ccc(Cc3cc4c(c5ncccc35)N(C)CN([C@H]3CCCC[C@@H]3O[Si](C)(C)C(C)(C)C)C4=O)cn2)=CCC1. The zero-order valence-electron chi connectivity index (χ0n) is 28.3. The summed E-state index contributed by atoms with van der Waals surface area (Å²) < 4.78 is 7.02. The third-order valence-electron chi connectivity index (χ3n) is 10.6. The Morgan fingerprint density at radius 2 is 1.87 bits per heavy atom. The number of amides is 1. The topological polar surface area (TPSA) is 58.6 Å². The maximum absolute atomic E-state index is 14.5. The molecular formula is C38H50N4O2Si. The van der Waals surface area contributed by atoms with E-state index in [9.17, 15) is 4.79 Å². The fraction of sp³-hybridized carbons (Fsp3) is 0.500. The molecule has 1 aromatic carbocycles. The van der Waals surface area contributed by atoms with Crippen molar-refractivity contribution in [3.05, 3.63) is 83.3 Å². The Kier molecular flexibility index (Phi) is 8.79. The Balaban J connectivity index is 1.32. The van der Waals surface area contributed by atoms with Crippen molar-refractivity contribution in [2.75, 3.05) is 18.6 Å². The number of anilines is 1. The molecule has 0 saturated heterocycles. The van der Waals surface area contributed by atoms with Crippen LogP contribution in [0.3, 0.4) is 0 Å². The van der Waals surface area contributed by atoms with Crippen LogP contribution in [0.1, 0.15) is 93.4 Å². The standard InChI is InChI=1S/C38H50N4O2Si/c1-26-12-10-13-28(19-17-26)32-20-18-27(24-40-32)22-29-23-31-36(35-30(29)14-11-21-39-35)41(5)25-42(37(31)43)33-15-8-9-16-34(33)44-45(6,7)38(2,3)4/h11,13-14,17-21,23-24,26,33-34H,8-10,12,15-16,22,25H2,1-7H3/t26?,33-,34-/m0/s1. The maximum atomic E-state index is 14.5. The second kappa shape index (κ2) is 12.5. The van der Waals surface area contributed by atoms with Crippen LogP contribution in [0.4, 0.5) is 5.69 Å². The number of aromatic nitrogens is 2. The van der Waals surface area contributed by atoms with Gasteiger partial charge in [0.25, 0.3) is 5.91 Å². The number of allylic oxidation sites excluding steroid dienone is 4. The molecule has 1 amide bonds. The van der Waals surface area contributed by atoms with Crippen molar-refractivity contribution >= 4 is 36.4 Å². The molecule has 238 valence electrons. The van der Waals surface area contributed by atoms with Crippen molar-refractivity contribution < 1.29 is 9.22 Å². The molecule has 3 aliphatic rings. The molecule has 1 aliphatic heterocycles. The molecule has 1 unspecified atom stereocenters. The molecule has 3 aromatic rings. The number of rotatable bonds is 6. The Hall–Kier alpha value is -3.29. The molecule has 1 fully saturated rings. The summed E-state index contributed by atoms with van der Waals surface area (Å²) in [4.78, 5) is 28.5. The highest BCUT2D eigenvalue weighted by molar-refractivity contribution is 6.74. The van der Waals surface area contributed by atoms with E-state index in [-0.39, 0.29) is 23.1 Å². The average molecular weight is 623 g/mol. The van der Waals surface area contributed by atoms with E-state index in [1.807, 2.05) is 18.5 Å². The summed E-state index contributed by atoms with van der Waals surface area (Å²) in [6.45, 7) is 14.3. The predicted molar refractivity (Wildman–Crippen MR) is 188 cm³/mol. The van der Waals surface area contributed by atoms with Crippen molar-refractivity contribution in [1.82, 2.24) is 14.9 Å². The zero-order valence-corrected chi connectivity index (χ0v) is 29.3. The van der Waals surface area contributed by atoms with Gasteiger partial charge in [0.1, 0.15) is 0 Å². The molecule has 3 heterocycles. The number of pyridine rings is 2. The van der Waals surface area contributed by atoms with Gasteiger partial charge in [-0.1, -0.05) is 70.9 Å². The number of hydrogen-bond acceptors (Lipinski definition) is 5. The summed E-state index contributed by atoms with van der Waals surface area (Å²) in [5, 5.41) is 1.22. The first-order chi connectivity index (χ1) is 21.4. The lowest BCUT2D eigenvalue weighted by atomic mass is 9.89. The molecule has 2 aliphatic carbocycles. The van der Waals surface area contributed by atoms with Crippen molar-refractivity contribution in [3.8, 4) is 0 Å². The first-order valence-corrected chi connectivity index (χ1v) is 19.8. The summed E-state index contributed by atoms with van der Waals surface area (Å²) in [6, 6.07) is 10.6. The van der Waals surface area contributed by atoms with E-state index in [0.717, 1.165) is 71.1 Å². The summed E-state index contributed by atoms with van der Waals surface area (Å²) in [5.41, 5.74) is 7.01. The fourth-order valence-electron chi connectivity index (χ4n) is 6.94. The number of carbonyl (C=O) groups excluding carboxylic acids is 1. The summed E-state index contributed by atoms with van der Waals surface area (Å²) in [5.74, 6) is 0.692. The lowest BCUT2D eigenvalue weighted by molar-refractivity contribution is 0.0218. The van der Waals surface area contributed by atoms with Crippen molar-refractivity contribution in [1.29, 1.82) is 0 Å². The van der Waals surface area contributed by atoms with Gasteiger partial charge in [0.15, 0.2) is 8.32 Å². The monoisotopic (exact) mass is 622 g/mol. The molecule has 0 radical (unpaired) electrons. The van der Waals surface area contributed by atoms with Crippen LogP contribution in [0, 0.1) is 5.92 Å². The quantitative estimate of drug-likeness (QED) is 0.257. The second-order valence-corrected chi connectivity index (χ2v) is 19.8. The van der Waals surface area contributed by atoms with Crippen LogP contribution in [-0.4, -0.2) is 55.0 Å². The highest BCUT2D eigenvalue weighted by Gasteiger charge is 2.44. The first kappa shape index (κ1) is 31.7. The van der Waals surface area contributed by atoms with Crippen LogP contribution in [0.15, 0.2) is 61.0 Å². The summed E-state index contributed by atoms with van der Waals surface area (Å²) in [7, 11) is 0.103. The lowest BCUT2D eigenvalue weighted by Crippen LogP contribution is -2.58. The van der Waals surface area contributed by atoms with Gasteiger partial charge in [0.05, 0.1) is 41.3 Å². The molecule has 1 saturated carbocycles. The highest BCUT2D eigenvalue weighted by Crippen LogP contribution is 2.42. The number of benzene rings is 1. The minimum Gasteiger partial charge on any atom is -0.412 e. The van der Waals surface area contributed by atoms with Crippen LogP contribution in [0.25, 0.3) is 16.5 Å². The van der Waals surface area contributed by atoms with E-state index >= 15 is 0 Å².